The van der Waals surface area contributed by atoms with Crippen molar-refractivity contribution >= 4 is 5.97 Å². The molecule has 1 atom stereocenters. The Morgan fingerprint density at radius 1 is 1.46 bits per heavy atom. The first kappa shape index (κ1) is 11.9. The first-order chi connectivity index (χ1) is 5.79. The number of carbonyl (C=O) groups is 1. The van der Waals surface area contributed by atoms with Gasteiger partial charge < -0.3 is 4.74 Å². The molecule has 0 aromatic carbocycles. The molecule has 0 bridgehead atoms. The Labute approximate surface area is 79.9 Å². The number of ether oxygens (including phenoxy) is 1. The third-order valence-corrected chi connectivity index (χ3v) is 1.54. The second-order valence-electron chi connectivity index (χ2n) is 3.93. The van der Waals surface area contributed by atoms with Crippen LogP contribution in [0.2, 0.25) is 0 Å². The molecule has 0 aromatic rings. The maximum atomic E-state index is 11.2. The van der Waals surface area contributed by atoms with E-state index in [0.29, 0.717) is 10.1 Å². The van der Waals surface area contributed by atoms with Crippen molar-refractivity contribution in [3.05, 3.63) is 24.8 Å². The lowest BCUT2D eigenvalue weighted by molar-refractivity contribution is -0.908. The van der Waals surface area contributed by atoms with E-state index < -0.39 is 0 Å². The molecule has 0 heterocycles. The summed E-state index contributed by atoms with van der Waals surface area (Å²) >= 11 is 0. The van der Waals surface area contributed by atoms with Crippen LogP contribution in [0.5, 0.6) is 0 Å². The minimum Gasteiger partial charge on any atom is -0.405 e. The maximum Gasteiger partial charge on any atom is 0.337 e. The van der Waals surface area contributed by atoms with Gasteiger partial charge >= 0.3 is 5.97 Å². The zero-order valence-electron chi connectivity index (χ0n) is 8.83. The lowest BCUT2D eigenvalue weighted by atomic mass is 10.3. The molecular weight excluding hydrogens is 166 g/mol. The van der Waals surface area contributed by atoms with E-state index in [0.717, 1.165) is 0 Å². The van der Waals surface area contributed by atoms with Crippen LogP contribution in [0, 0.1) is 0 Å². The number of quaternary nitrogens is 1. The predicted molar refractivity (Wildman–Crippen MR) is 52.9 cm³/mol. The summed E-state index contributed by atoms with van der Waals surface area (Å²) in [4.78, 5) is 11.2. The minimum atomic E-state index is -0.377. The van der Waals surface area contributed by atoms with Gasteiger partial charge in [-0.2, -0.15) is 0 Å². The monoisotopic (exact) mass is 184 g/mol. The van der Waals surface area contributed by atoms with Crippen molar-refractivity contribution in [2.75, 3.05) is 21.1 Å². The highest BCUT2D eigenvalue weighted by Crippen LogP contribution is 2.08. The van der Waals surface area contributed by atoms with Gasteiger partial charge in [-0.25, -0.2) is 4.79 Å². The Morgan fingerprint density at radius 3 is 2.15 bits per heavy atom. The zero-order valence-corrected chi connectivity index (χ0v) is 8.83. The quantitative estimate of drug-likeness (QED) is 0.216. The fraction of sp³-hybridized carbons (Fsp3) is 0.500. The summed E-state index contributed by atoms with van der Waals surface area (Å²) in [5.74, 6) is -0.377. The lowest BCUT2D eigenvalue weighted by Gasteiger charge is -2.30. The van der Waals surface area contributed by atoms with Gasteiger partial charge in [0.15, 0.2) is 0 Å². The van der Waals surface area contributed by atoms with Crippen LogP contribution in [-0.2, 0) is 9.53 Å². The summed E-state index contributed by atoms with van der Waals surface area (Å²) < 4.78 is 5.64. The number of hydrogen-bond donors (Lipinski definition) is 0. The molecule has 0 rings (SSSR count). The van der Waals surface area contributed by atoms with Gasteiger partial charge in [-0.1, -0.05) is 13.2 Å². The van der Waals surface area contributed by atoms with Crippen LogP contribution in [0.4, 0.5) is 0 Å². The van der Waals surface area contributed by atoms with Gasteiger partial charge in [0.25, 0.3) is 6.23 Å². The van der Waals surface area contributed by atoms with E-state index in [1.165, 1.54) is 0 Å². The van der Waals surface area contributed by atoms with E-state index in [1.54, 1.807) is 13.0 Å². The maximum absolute atomic E-state index is 11.2. The van der Waals surface area contributed by atoms with E-state index in [9.17, 15) is 4.79 Å². The number of carbonyl (C=O) groups excluding carboxylic acids is 1. The Bertz CT molecular complexity index is 226. The van der Waals surface area contributed by atoms with Crippen LogP contribution < -0.4 is 0 Å². The largest absolute Gasteiger partial charge is 0.405 e. The Balaban J connectivity index is 4.39. The van der Waals surface area contributed by atoms with Crippen molar-refractivity contribution < 1.29 is 14.0 Å². The third-order valence-electron chi connectivity index (χ3n) is 1.54. The minimum absolute atomic E-state index is 0.329. The summed E-state index contributed by atoms with van der Waals surface area (Å²) in [6.45, 7) is 8.75. The Hall–Kier alpha value is -1.09. The molecule has 1 unspecified atom stereocenters. The van der Waals surface area contributed by atoms with E-state index >= 15 is 0 Å². The first-order valence-corrected chi connectivity index (χ1v) is 4.09. The number of esters is 1. The van der Waals surface area contributed by atoms with Crippen molar-refractivity contribution in [3.63, 3.8) is 0 Å². The second kappa shape index (κ2) is 4.23. The highest BCUT2D eigenvalue weighted by Gasteiger charge is 2.24. The topological polar surface area (TPSA) is 26.3 Å². The summed E-state index contributed by atoms with van der Waals surface area (Å²) in [6.07, 6.45) is 1.28. The molecule has 3 heteroatoms. The summed E-state index contributed by atoms with van der Waals surface area (Å²) in [5, 5.41) is 0. The molecule has 0 spiro atoms. The van der Waals surface area contributed by atoms with E-state index in [1.807, 2.05) is 21.1 Å². The van der Waals surface area contributed by atoms with Crippen LogP contribution >= 0.6 is 0 Å². The van der Waals surface area contributed by atoms with E-state index in [2.05, 4.69) is 13.2 Å². The zero-order chi connectivity index (χ0) is 10.6. The first-order valence-electron chi connectivity index (χ1n) is 4.09. The molecule has 0 fully saturated rings. The van der Waals surface area contributed by atoms with Gasteiger partial charge in [0.2, 0.25) is 0 Å². The van der Waals surface area contributed by atoms with E-state index in [-0.39, 0.29) is 12.2 Å². The number of likely N-dealkylation sites (N-methyl/N-ethyl adjacent to an activating group) is 1. The van der Waals surface area contributed by atoms with Crippen LogP contribution in [0.25, 0.3) is 0 Å². The number of nitrogens with zero attached hydrogens (tertiary/aromatic N) is 1. The molecular formula is C10H18NO2+. The summed E-state index contributed by atoms with van der Waals surface area (Å²) in [7, 11) is 5.79. The van der Waals surface area contributed by atoms with Crippen molar-refractivity contribution in [3.8, 4) is 0 Å². The Morgan fingerprint density at radius 2 is 1.92 bits per heavy atom. The second-order valence-corrected chi connectivity index (χ2v) is 3.93. The van der Waals surface area contributed by atoms with Gasteiger partial charge in [0.05, 0.1) is 21.1 Å². The van der Waals surface area contributed by atoms with Crippen LogP contribution in [0.15, 0.2) is 24.8 Å². The normalized spacial score (nSPS) is 13.2. The molecule has 0 saturated heterocycles. The highest BCUT2D eigenvalue weighted by atomic mass is 16.6. The van der Waals surface area contributed by atoms with Crippen molar-refractivity contribution in [1.29, 1.82) is 0 Å². The lowest BCUT2D eigenvalue weighted by Crippen LogP contribution is -2.46. The molecule has 0 amide bonds. The van der Waals surface area contributed by atoms with Crippen molar-refractivity contribution in [2.45, 2.75) is 13.2 Å². The smallest absolute Gasteiger partial charge is 0.337 e. The van der Waals surface area contributed by atoms with Crippen LogP contribution in [-0.4, -0.2) is 37.8 Å². The average molecular weight is 184 g/mol. The van der Waals surface area contributed by atoms with Crippen LogP contribution in [0.1, 0.15) is 6.92 Å². The average Bonchev–Trinajstić information content (AvgIpc) is 1.96. The number of hydrogen-bond acceptors (Lipinski definition) is 2. The van der Waals surface area contributed by atoms with Gasteiger partial charge in [-0.05, 0) is 6.92 Å². The standard InChI is InChI=1S/C10H18NO2/c1-7-9(11(4,5)6)13-10(12)8(2)3/h7,9H,1-2H2,3-6H3/q+1. The predicted octanol–water partition coefficient (Wildman–Crippen LogP) is 1.32. The van der Waals surface area contributed by atoms with Gasteiger partial charge in [0, 0.05) is 11.6 Å². The third kappa shape index (κ3) is 3.90. The molecule has 0 aliphatic carbocycles. The molecule has 0 aliphatic rings. The molecule has 0 aliphatic heterocycles. The molecule has 74 valence electrons. The molecule has 0 N–H and O–H groups in total. The highest BCUT2D eigenvalue weighted by molar-refractivity contribution is 5.87. The fourth-order valence-electron chi connectivity index (χ4n) is 0.733. The Kier molecular flexibility index (Phi) is 3.88. The van der Waals surface area contributed by atoms with Gasteiger partial charge in [-0.15, -0.1) is 0 Å². The van der Waals surface area contributed by atoms with E-state index in [4.69, 9.17) is 4.74 Å². The molecule has 3 nitrogen and oxygen atoms in total. The van der Waals surface area contributed by atoms with Crippen molar-refractivity contribution in [1.82, 2.24) is 0 Å². The van der Waals surface area contributed by atoms with Gasteiger partial charge in [0.1, 0.15) is 0 Å². The molecule has 0 radical (unpaired) electrons. The SMILES string of the molecule is C=CC(OC(=O)C(=C)C)[N+](C)(C)C. The molecule has 0 saturated carbocycles. The summed E-state index contributed by atoms with van der Waals surface area (Å²) in [6, 6.07) is 0. The fourth-order valence-corrected chi connectivity index (χ4v) is 0.733. The molecule has 13 heavy (non-hydrogen) atoms. The van der Waals surface area contributed by atoms with Gasteiger partial charge in [-0.3, -0.25) is 4.48 Å². The van der Waals surface area contributed by atoms with Crippen LogP contribution in [0.3, 0.4) is 0 Å². The van der Waals surface area contributed by atoms with Crippen molar-refractivity contribution in [2.24, 2.45) is 0 Å². The summed E-state index contributed by atoms with van der Waals surface area (Å²) in [5.41, 5.74) is 0.403. The number of rotatable bonds is 4. The molecule has 0 aromatic heterocycles.